The smallest absolute Gasteiger partial charge is 0.257 e. The topological polar surface area (TPSA) is 90.6 Å². The zero-order chi connectivity index (χ0) is 19.0. The molecule has 1 fully saturated rings. The molecule has 1 saturated heterocycles. The number of fused-ring (bicyclic) bond motifs is 2. The van der Waals surface area contributed by atoms with Crippen LogP contribution in [0.5, 0.6) is 5.75 Å². The SMILES string of the molecule is COc1ccc(Cl)cc1C(=O)N1CCC2(CC1)OCCc1cnc(N)nc12. The molecule has 1 aromatic carbocycles. The van der Waals surface area contributed by atoms with Crippen LogP contribution in [0.2, 0.25) is 5.02 Å². The molecular weight excluding hydrogens is 368 g/mol. The Hall–Kier alpha value is -2.38. The van der Waals surface area contributed by atoms with Crippen molar-refractivity contribution in [3.8, 4) is 5.75 Å². The maximum absolute atomic E-state index is 13.0. The van der Waals surface area contributed by atoms with Gasteiger partial charge in [0.2, 0.25) is 5.95 Å². The lowest BCUT2D eigenvalue weighted by Gasteiger charge is -2.44. The molecule has 8 heteroatoms. The first-order chi connectivity index (χ1) is 13.0. The molecular formula is C19H21ClN4O3. The molecule has 0 saturated carbocycles. The number of piperidine rings is 1. The van der Waals surface area contributed by atoms with E-state index in [9.17, 15) is 4.79 Å². The van der Waals surface area contributed by atoms with Gasteiger partial charge in [-0.25, -0.2) is 9.97 Å². The van der Waals surface area contributed by atoms with Crippen molar-refractivity contribution in [2.75, 3.05) is 32.5 Å². The van der Waals surface area contributed by atoms with Gasteiger partial charge < -0.3 is 20.1 Å². The average molecular weight is 389 g/mol. The van der Waals surface area contributed by atoms with E-state index >= 15 is 0 Å². The molecule has 27 heavy (non-hydrogen) atoms. The lowest BCUT2D eigenvalue weighted by atomic mass is 9.83. The molecule has 0 atom stereocenters. The van der Waals surface area contributed by atoms with Gasteiger partial charge in [-0.3, -0.25) is 4.79 Å². The van der Waals surface area contributed by atoms with E-state index in [1.807, 2.05) is 4.90 Å². The zero-order valence-electron chi connectivity index (χ0n) is 15.1. The summed E-state index contributed by atoms with van der Waals surface area (Å²) in [5.41, 5.74) is 7.72. The van der Waals surface area contributed by atoms with Crippen molar-refractivity contribution in [2.24, 2.45) is 0 Å². The molecule has 1 aromatic heterocycles. The Morgan fingerprint density at radius 3 is 2.89 bits per heavy atom. The summed E-state index contributed by atoms with van der Waals surface area (Å²) >= 11 is 6.07. The van der Waals surface area contributed by atoms with Gasteiger partial charge in [-0.1, -0.05) is 11.6 Å². The third kappa shape index (κ3) is 3.21. The second-order valence-corrected chi connectivity index (χ2v) is 7.27. The molecule has 0 radical (unpaired) electrons. The highest BCUT2D eigenvalue weighted by molar-refractivity contribution is 6.31. The number of rotatable bonds is 2. The van der Waals surface area contributed by atoms with Crippen LogP contribution in [0.25, 0.3) is 0 Å². The van der Waals surface area contributed by atoms with Gasteiger partial charge in [0, 0.05) is 24.3 Å². The van der Waals surface area contributed by atoms with Crippen molar-refractivity contribution < 1.29 is 14.3 Å². The number of carbonyl (C=O) groups excluding carboxylic acids is 1. The fourth-order valence-electron chi connectivity index (χ4n) is 3.89. The summed E-state index contributed by atoms with van der Waals surface area (Å²) in [5, 5.41) is 0.504. The number of amides is 1. The number of ether oxygens (including phenoxy) is 2. The Morgan fingerprint density at radius 1 is 1.37 bits per heavy atom. The highest BCUT2D eigenvalue weighted by Gasteiger charge is 2.43. The molecule has 1 spiro atoms. The fourth-order valence-corrected chi connectivity index (χ4v) is 4.06. The summed E-state index contributed by atoms with van der Waals surface area (Å²) in [6.07, 6.45) is 3.88. The monoisotopic (exact) mass is 388 g/mol. The minimum absolute atomic E-state index is 0.0950. The Kier molecular flexibility index (Phi) is 4.65. The summed E-state index contributed by atoms with van der Waals surface area (Å²) < 4.78 is 11.5. The first-order valence-corrected chi connectivity index (χ1v) is 9.29. The molecule has 0 bridgehead atoms. The van der Waals surface area contributed by atoms with E-state index in [2.05, 4.69) is 9.97 Å². The molecule has 7 nitrogen and oxygen atoms in total. The number of nitrogens with two attached hydrogens (primary N) is 1. The number of nitrogen functional groups attached to an aromatic ring is 1. The minimum atomic E-state index is -0.500. The minimum Gasteiger partial charge on any atom is -0.496 e. The number of methoxy groups -OCH3 is 1. The number of anilines is 1. The molecule has 2 aromatic rings. The van der Waals surface area contributed by atoms with E-state index in [-0.39, 0.29) is 11.9 Å². The van der Waals surface area contributed by atoms with Crippen molar-refractivity contribution in [1.29, 1.82) is 0 Å². The summed E-state index contributed by atoms with van der Waals surface area (Å²) in [7, 11) is 1.54. The third-order valence-electron chi connectivity index (χ3n) is 5.31. The van der Waals surface area contributed by atoms with Gasteiger partial charge in [0.15, 0.2) is 0 Å². The molecule has 1 amide bonds. The van der Waals surface area contributed by atoms with Crippen LogP contribution in [0.1, 0.15) is 34.5 Å². The van der Waals surface area contributed by atoms with Crippen LogP contribution in [0.4, 0.5) is 5.95 Å². The van der Waals surface area contributed by atoms with E-state index in [0.717, 1.165) is 17.7 Å². The Labute approximate surface area is 162 Å². The van der Waals surface area contributed by atoms with E-state index < -0.39 is 5.60 Å². The number of likely N-dealkylation sites (tertiary alicyclic amines) is 1. The molecule has 2 N–H and O–H groups in total. The Bertz CT molecular complexity index is 881. The molecule has 4 rings (SSSR count). The first kappa shape index (κ1) is 18.0. The number of hydrogen-bond donors (Lipinski definition) is 1. The van der Waals surface area contributed by atoms with E-state index in [1.165, 1.54) is 0 Å². The summed E-state index contributed by atoms with van der Waals surface area (Å²) in [5.74, 6) is 0.674. The Balaban J connectivity index is 1.56. The lowest BCUT2D eigenvalue weighted by Crippen LogP contribution is -2.49. The first-order valence-electron chi connectivity index (χ1n) is 8.91. The number of nitrogens with zero attached hydrogens (tertiary/aromatic N) is 3. The average Bonchev–Trinajstić information content (AvgIpc) is 2.69. The zero-order valence-corrected chi connectivity index (χ0v) is 15.8. The lowest BCUT2D eigenvalue weighted by molar-refractivity contribution is -0.0966. The molecule has 0 aliphatic carbocycles. The highest BCUT2D eigenvalue weighted by atomic mass is 35.5. The number of benzene rings is 1. The van der Waals surface area contributed by atoms with Crippen LogP contribution in [-0.4, -0.2) is 47.6 Å². The summed E-state index contributed by atoms with van der Waals surface area (Å²) in [6, 6.07) is 5.06. The van der Waals surface area contributed by atoms with Crippen molar-refractivity contribution in [3.05, 3.63) is 46.2 Å². The van der Waals surface area contributed by atoms with Crippen LogP contribution in [0, 0.1) is 0 Å². The molecule has 3 heterocycles. The van der Waals surface area contributed by atoms with Crippen molar-refractivity contribution in [1.82, 2.24) is 14.9 Å². The van der Waals surface area contributed by atoms with E-state index in [4.69, 9.17) is 26.8 Å². The maximum atomic E-state index is 13.0. The predicted octanol–water partition coefficient (Wildman–Crippen LogP) is 2.43. The van der Waals surface area contributed by atoms with E-state index in [0.29, 0.717) is 48.9 Å². The number of aromatic nitrogens is 2. The molecule has 2 aliphatic rings. The third-order valence-corrected chi connectivity index (χ3v) is 5.55. The molecule has 0 unspecified atom stereocenters. The number of halogens is 1. The van der Waals surface area contributed by atoms with E-state index in [1.54, 1.807) is 31.5 Å². The predicted molar refractivity (Wildman–Crippen MR) is 101 cm³/mol. The second kappa shape index (κ2) is 6.98. The quantitative estimate of drug-likeness (QED) is 0.849. The van der Waals surface area contributed by atoms with Crippen LogP contribution in [0.15, 0.2) is 24.4 Å². The van der Waals surface area contributed by atoms with Crippen LogP contribution in [-0.2, 0) is 16.8 Å². The number of carbonyl (C=O) groups is 1. The normalized spacial score (nSPS) is 18.2. The van der Waals surface area contributed by atoms with Gasteiger partial charge in [0.25, 0.3) is 5.91 Å². The standard InChI is InChI=1S/C19H21ClN4O3/c1-26-15-3-2-13(20)10-14(15)17(25)24-7-5-19(6-8-24)16-12(4-9-27-19)11-22-18(21)23-16/h2-3,10-11H,4-9H2,1H3,(H2,21,22,23). The van der Waals surface area contributed by atoms with Gasteiger partial charge in [-0.15, -0.1) is 0 Å². The summed E-state index contributed by atoms with van der Waals surface area (Å²) in [6.45, 7) is 1.73. The van der Waals surface area contributed by atoms with Gasteiger partial charge >= 0.3 is 0 Å². The van der Waals surface area contributed by atoms with Gasteiger partial charge in [-0.2, -0.15) is 0 Å². The second-order valence-electron chi connectivity index (χ2n) is 6.83. The summed E-state index contributed by atoms with van der Waals surface area (Å²) in [4.78, 5) is 23.4. The maximum Gasteiger partial charge on any atom is 0.257 e. The van der Waals surface area contributed by atoms with Crippen LogP contribution in [0.3, 0.4) is 0 Å². The van der Waals surface area contributed by atoms with Crippen LogP contribution < -0.4 is 10.5 Å². The van der Waals surface area contributed by atoms with Crippen molar-refractivity contribution in [3.63, 3.8) is 0 Å². The van der Waals surface area contributed by atoms with Gasteiger partial charge in [-0.05, 0) is 43.0 Å². The van der Waals surface area contributed by atoms with Crippen LogP contribution >= 0.6 is 11.6 Å². The Morgan fingerprint density at radius 2 is 2.15 bits per heavy atom. The highest BCUT2D eigenvalue weighted by Crippen LogP contribution is 2.41. The molecule has 2 aliphatic heterocycles. The fraction of sp³-hybridized carbons (Fsp3) is 0.421. The molecule has 142 valence electrons. The van der Waals surface area contributed by atoms with Gasteiger partial charge in [0.1, 0.15) is 11.4 Å². The van der Waals surface area contributed by atoms with Crippen molar-refractivity contribution in [2.45, 2.75) is 24.9 Å². The largest absolute Gasteiger partial charge is 0.496 e. The number of hydrogen-bond acceptors (Lipinski definition) is 6. The van der Waals surface area contributed by atoms with Gasteiger partial charge in [0.05, 0.1) is 25.0 Å². The van der Waals surface area contributed by atoms with Crippen molar-refractivity contribution >= 4 is 23.5 Å².